The first-order chi connectivity index (χ1) is 8.32. The van der Waals surface area contributed by atoms with Crippen LogP contribution in [0.3, 0.4) is 0 Å². The molecule has 96 valence electrons. The van der Waals surface area contributed by atoms with Crippen LogP contribution < -0.4 is 5.32 Å². The number of aromatic carboxylic acids is 1. The monoisotopic (exact) mass is 252 g/mol. The first kappa shape index (κ1) is 13.6. The van der Waals surface area contributed by atoms with E-state index < -0.39 is 16.6 Å². The number of carboxylic acids is 1. The minimum absolute atomic E-state index is 0.0105. The predicted octanol–water partition coefficient (Wildman–Crippen LogP) is 1.89. The molecule has 0 aliphatic carbocycles. The van der Waals surface area contributed by atoms with Gasteiger partial charge in [0, 0.05) is 12.0 Å². The van der Waals surface area contributed by atoms with Gasteiger partial charge in [-0.3, -0.25) is 14.9 Å². The largest absolute Gasteiger partial charge is 0.478 e. The van der Waals surface area contributed by atoms with E-state index in [1.54, 1.807) is 13.8 Å². The van der Waals surface area contributed by atoms with Crippen molar-refractivity contribution in [1.82, 2.24) is 0 Å². The zero-order chi connectivity index (χ0) is 13.9. The summed E-state index contributed by atoms with van der Waals surface area (Å²) in [4.78, 5) is 32.2. The molecule has 0 saturated heterocycles. The lowest BCUT2D eigenvalue weighted by Crippen LogP contribution is -2.18. The van der Waals surface area contributed by atoms with E-state index in [9.17, 15) is 19.7 Å². The van der Waals surface area contributed by atoms with Crippen molar-refractivity contribution in [3.63, 3.8) is 0 Å². The molecule has 7 heteroatoms. The van der Waals surface area contributed by atoms with Crippen LogP contribution in [0.5, 0.6) is 0 Å². The normalized spacial score (nSPS) is 10.2. The number of hydrogen-bond donors (Lipinski definition) is 2. The molecule has 0 aliphatic rings. The summed E-state index contributed by atoms with van der Waals surface area (Å²) in [6.07, 6.45) is 0. The number of anilines is 1. The van der Waals surface area contributed by atoms with Crippen molar-refractivity contribution in [2.45, 2.75) is 13.8 Å². The molecule has 2 N–H and O–H groups in total. The Morgan fingerprint density at radius 1 is 1.39 bits per heavy atom. The molecule has 1 aromatic carbocycles. The maximum atomic E-state index is 11.5. The summed E-state index contributed by atoms with van der Waals surface area (Å²) in [6, 6.07) is 3.32. The molecule has 1 rings (SSSR count). The van der Waals surface area contributed by atoms with Gasteiger partial charge in [0.1, 0.15) is 5.69 Å². The number of benzene rings is 1. The van der Waals surface area contributed by atoms with E-state index in [1.807, 2.05) is 0 Å². The number of amides is 1. The van der Waals surface area contributed by atoms with Gasteiger partial charge < -0.3 is 10.4 Å². The number of carbonyl (C=O) groups excluding carboxylic acids is 1. The Bertz CT molecular complexity index is 510. The lowest BCUT2D eigenvalue weighted by atomic mass is 10.1. The number of hydrogen-bond acceptors (Lipinski definition) is 4. The summed E-state index contributed by atoms with van der Waals surface area (Å²) in [5.41, 5.74) is -0.656. The molecule has 0 unspecified atom stereocenters. The van der Waals surface area contributed by atoms with Crippen LogP contribution in [-0.4, -0.2) is 21.9 Å². The lowest BCUT2D eigenvalue weighted by molar-refractivity contribution is -0.384. The van der Waals surface area contributed by atoms with Crippen molar-refractivity contribution < 1.29 is 19.6 Å². The molecule has 0 spiro atoms. The maximum absolute atomic E-state index is 11.5. The van der Waals surface area contributed by atoms with E-state index in [-0.39, 0.29) is 23.1 Å². The molecule has 1 amide bonds. The highest BCUT2D eigenvalue weighted by molar-refractivity contribution is 5.96. The number of nitro groups is 1. The minimum atomic E-state index is -1.26. The van der Waals surface area contributed by atoms with Crippen LogP contribution in [0.2, 0.25) is 0 Å². The third-order valence-corrected chi connectivity index (χ3v) is 2.22. The van der Waals surface area contributed by atoms with Crippen LogP contribution >= 0.6 is 0 Å². The molecule has 0 radical (unpaired) electrons. The molecule has 0 heterocycles. The number of nitrogens with one attached hydrogen (secondary N) is 1. The van der Waals surface area contributed by atoms with Gasteiger partial charge in [0.05, 0.1) is 10.5 Å². The van der Waals surface area contributed by atoms with E-state index in [2.05, 4.69) is 5.32 Å². The summed E-state index contributed by atoms with van der Waals surface area (Å²) in [7, 11) is 0. The summed E-state index contributed by atoms with van der Waals surface area (Å²) < 4.78 is 0. The van der Waals surface area contributed by atoms with Crippen LogP contribution in [-0.2, 0) is 4.79 Å². The first-order valence-corrected chi connectivity index (χ1v) is 5.15. The Hall–Kier alpha value is -2.44. The van der Waals surface area contributed by atoms with Gasteiger partial charge in [-0.1, -0.05) is 13.8 Å². The highest BCUT2D eigenvalue weighted by atomic mass is 16.6. The van der Waals surface area contributed by atoms with Crippen LogP contribution in [0.25, 0.3) is 0 Å². The first-order valence-electron chi connectivity index (χ1n) is 5.15. The van der Waals surface area contributed by atoms with Gasteiger partial charge in [-0.05, 0) is 12.1 Å². The number of carboxylic acid groups (broad SMARTS) is 1. The van der Waals surface area contributed by atoms with Gasteiger partial charge in [0.25, 0.3) is 5.69 Å². The smallest absolute Gasteiger partial charge is 0.335 e. The van der Waals surface area contributed by atoms with Crippen molar-refractivity contribution in [3.8, 4) is 0 Å². The second-order valence-electron chi connectivity index (χ2n) is 3.94. The van der Waals surface area contributed by atoms with Crippen molar-refractivity contribution in [2.24, 2.45) is 5.92 Å². The summed E-state index contributed by atoms with van der Waals surface area (Å²) in [6.45, 7) is 3.29. The van der Waals surface area contributed by atoms with Crippen molar-refractivity contribution in [1.29, 1.82) is 0 Å². The Kier molecular flexibility index (Phi) is 3.98. The molecule has 18 heavy (non-hydrogen) atoms. The van der Waals surface area contributed by atoms with Gasteiger partial charge in [-0.15, -0.1) is 0 Å². The Morgan fingerprint density at radius 2 is 2.00 bits per heavy atom. The van der Waals surface area contributed by atoms with Crippen molar-refractivity contribution in [2.75, 3.05) is 5.32 Å². The zero-order valence-electron chi connectivity index (χ0n) is 9.84. The average Bonchev–Trinajstić information content (AvgIpc) is 2.28. The van der Waals surface area contributed by atoms with Gasteiger partial charge in [0.15, 0.2) is 0 Å². The predicted molar refractivity (Wildman–Crippen MR) is 63.5 cm³/mol. The fourth-order valence-corrected chi connectivity index (χ4v) is 1.20. The minimum Gasteiger partial charge on any atom is -0.478 e. The van der Waals surface area contributed by atoms with Gasteiger partial charge in [-0.2, -0.15) is 0 Å². The van der Waals surface area contributed by atoms with Gasteiger partial charge >= 0.3 is 5.97 Å². The third kappa shape index (κ3) is 3.03. The SMILES string of the molecule is CC(C)C(=O)Nc1ccc(C(=O)O)cc1[N+](=O)[O-]. The van der Waals surface area contributed by atoms with Crippen LogP contribution in [0.15, 0.2) is 18.2 Å². The Labute approximate surface area is 103 Å². The molecule has 0 aliphatic heterocycles. The molecule has 0 fully saturated rings. The molecule has 7 nitrogen and oxygen atoms in total. The van der Waals surface area contributed by atoms with Crippen LogP contribution in [0.1, 0.15) is 24.2 Å². The second-order valence-corrected chi connectivity index (χ2v) is 3.94. The van der Waals surface area contributed by atoms with Crippen LogP contribution in [0, 0.1) is 16.0 Å². The summed E-state index contributed by atoms with van der Waals surface area (Å²) in [5, 5.41) is 21.9. The fourth-order valence-electron chi connectivity index (χ4n) is 1.20. The quantitative estimate of drug-likeness (QED) is 0.628. The highest BCUT2D eigenvalue weighted by Gasteiger charge is 2.19. The van der Waals surface area contributed by atoms with Crippen LogP contribution in [0.4, 0.5) is 11.4 Å². The molecule has 0 aromatic heterocycles. The molecule has 1 aromatic rings. The third-order valence-electron chi connectivity index (χ3n) is 2.22. The summed E-state index contributed by atoms with van der Waals surface area (Å²) in [5.74, 6) is -1.97. The average molecular weight is 252 g/mol. The van der Waals surface area contributed by atoms with E-state index in [4.69, 9.17) is 5.11 Å². The summed E-state index contributed by atoms with van der Waals surface area (Å²) >= 11 is 0. The van der Waals surface area contributed by atoms with Gasteiger partial charge in [0.2, 0.25) is 5.91 Å². The Balaban J connectivity index is 3.16. The number of nitrogens with zero attached hydrogens (tertiary/aromatic N) is 1. The van der Waals surface area contributed by atoms with Crippen molar-refractivity contribution in [3.05, 3.63) is 33.9 Å². The van der Waals surface area contributed by atoms with Crippen molar-refractivity contribution >= 4 is 23.3 Å². The second kappa shape index (κ2) is 5.26. The molecule has 0 atom stereocenters. The number of rotatable bonds is 4. The van der Waals surface area contributed by atoms with Gasteiger partial charge in [-0.25, -0.2) is 4.79 Å². The molecule has 0 saturated carbocycles. The zero-order valence-corrected chi connectivity index (χ0v) is 9.84. The Morgan fingerprint density at radius 3 is 2.44 bits per heavy atom. The molecule has 0 bridgehead atoms. The topological polar surface area (TPSA) is 110 Å². The lowest BCUT2D eigenvalue weighted by Gasteiger charge is -2.08. The number of carbonyl (C=O) groups is 2. The highest BCUT2D eigenvalue weighted by Crippen LogP contribution is 2.26. The number of nitro benzene ring substituents is 1. The van der Waals surface area contributed by atoms with E-state index in [0.29, 0.717) is 0 Å². The molecular weight excluding hydrogens is 240 g/mol. The van der Waals surface area contributed by atoms with E-state index >= 15 is 0 Å². The standard InChI is InChI=1S/C11H12N2O5/c1-6(2)10(14)12-8-4-3-7(11(15)16)5-9(8)13(17)18/h3-6H,1-2H3,(H,12,14)(H,15,16). The fraction of sp³-hybridized carbons (Fsp3) is 0.273. The maximum Gasteiger partial charge on any atom is 0.335 e. The molecular formula is C11H12N2O5. The van der Waals surface area contributed by atoms with E-state index in [0.717, 1.165) is 6.07 Å². The van der Waals surface area contributed by atoms with E-state index in [1.165, 1.54) is 12.1 Å².